The molecule has 24 heavy (non-hydrogen) atoms. The molecule has 0 unspecified atom stereocenters. The number of aryl methyl sites for hydroxylation is 1. The number of morpholine rings is 1. The quantitative estimate of drug-likeness (QED) is 0.882. The van der Waals surface area contributed by atoms with Crippen LogP contribution >= 0.6 is 0 Å². The Balaban J connectivity index is 1.43. The Morgan fingerprint density at radius 3 is 3.00 bits per heavy atom. The van der Waals surface area contributed by atoms with E-state index in [1.807, 2.05) is 13.0 Å². The van der Waals surface area contributed by atoms with Crippen molar-refractivity contribution in [2.24, 2.45) is 0 Å². The standard InChI is InChI=1S/C18H27N3O3/c1-14-2-6-19-12-17(14)18(22)20-7-3-16-13-21(8-11-24-16)15-4-9-23-10-5-15/h2,6,12,15-16H,3-5,7-11,13H2,1H3,(H,20,22)/t16-/m0/s1. The summed E-state index contributed by atoms with van der Waals surface area (Å²) in [6, 6.07) is 2.48. The molecule has 6 heteroatoms. The smallest absolute Gasteiger partial charge is 0.253 e. The Morgan fingerprint density at radius 2 is 2.21 bits per heavy atom. The van der Waals surface area contributed by atoms with E-state index in [1.165, 1.54) is 0 Å². The van der Waals surface area contributed by atoms with E-state index in [0.717, 1.165) is 57.7 Å². The maximum Gasteiger partial charge on any atom is 0.253 e. The Labute approximate surface area is 143 Å². The van der Waals surface area contributed by atoms with Crippen LogP contribution in [0.2, 0.25) is 0 Å². The van der Waals surface area contributed by atoms with Gasteiger partial charge in [-0.15, -0.1) is 0 Å². The molecular weight excluding hydrogens is 306 g/mol. The van der Waals surface area contributed by atoms with Crippen LogP contribution in [0.15, 0.2) is 18.5 Å². The number of rotatable bonds is 5. The van der Waals surface area contributed by atoms with E-state index in [9.17, 15) is 4.79 Å². The number of carbonyl (C=O) groups excluding carboxylic acids is 1. The van der Waals surface area contributed by atoms with Crippen LogP contribution in [0, 0.1) is 6.92 Å². The van der Waals surface area contributed by atoms with E-state index in [1.54, 1.807) is 12.4 Å². The maximum atomic E-state index is 12.2. The van der Waals surface area contributed by atoms with E-state index in [-0.39, 0.29) is 12.0 Å². The van der Waals surface area contributed by atoms with Crippen molar-refractivity contribution >= 4 is 5.91 Å². The minimum absolute atomic E-state index is 0.0577. The summed E-state index contributed by atoms with van der Waals surface area (Å²) < 4.78 is 11.3. The Bertz CT molecular complexity index is 546. The molecule has 3 rings (SSSR count). The topological polar surface area (TPSA) is 63.7 Å². The minimum atomic E-state index is -0.0577. The summed E-state index contributed by atoms with van der Waals surface area (Å²) in [6.45, 7) is 7.01. The van der Waals surface area contributed by atoms with E-state index >= 15 is 0 Å². The highest BCUT2D eigenvalue weighted by Crippen LogP contribution is 2.18. The third-order valence-corrected chi connectivity index (χ3v) is 4.91. The van der Waals surface area contributed by atoms with Crippen LogP contribution in [0.25, 0.3) is 0 Å². The summed E-state index contributed by atoms with van der Waals surface area (Å²) in [6.07, 6.45) is 6.58. The molecule has 0 spiro atoms. The van der Waals surface area contributed by atoms with Crippen molar-refractivity contribution in [1.82, 2.24) is 15.2 Å². The zero-order valence-electron chi connectivity index (χ0n) is 14.4. The van der Waals surface area contributed by atoms with Gasteiger partial charge >= 0.3 is 0 Å². The average Bonchev–Trinajstić information content (AvgIpc) is 2.63. The fourth-order valence-corrected chi connectivity index (χ4v) is 3.44. The van der Waals surface area contributed by atoms with E-state index in [0.29, 0.717) is 18.2 Å². The van der Waals surface area contributed by atoms with Gasteiger partial charge in [0.2, 0.25) is 0 Å². The molecule has 0 bridgehead atoms. The van der Waals surface area contributed by atoms with E-state index in [4.69, 9.17) is 9.47 Å². The molecule has 1 atom stereocenters. The van der Waals surface area contributed by atoms with Crippen molar-refractivity contribution in [2.45, 2.75) is 38.3 Å². The number of amides is 1. The van der Waals surface area contributed by atoms with E-state index < -0.39 is 0 Å². The molecule has 0 saturated carbocycles. The monoisotopic (exact) mass is 333 g/mol. The number of nitrogens with zero attached hydrogens (tertiary/aromatic N) is 2. The molecule has 1 amide bonds. The molecule has 6 nitrogen and oxygen atoms in total. The number of hydrogen-bond donors (Lipinski definition) is 1. The number of pyridine rings is 1. The first kappa shape index (κ1) is 17.3. The lowest BCUT2D eigenvalue weighted by molar-refractivity contribution is -0.0636. The second-order valence-electron chi connectivity index (χ2n) is 6.57. The maximum absolute atomic E-state index is 12.2. The van der Waals surface area contributed by atoms with Gasteiger partial charge in [0.15, 0.2) is 0 Å². The SMILES string of the molecule is Cc1ccncc1C(=O)NCC[C@H]1CN(C2CCOCC2)CCO1. The second kappa shape index (κ2) is 8.55. The van der Waals surface area contributed by atoms with Crippen molar-refractivity contribution < 1.29 is 14.3 Å². The Morgan fingerprint density at radius 1 is 1.38 bits per heavy atom. The van der Waals surface area contributed by atoms with Crippen LogP contribution in [0.4, 0.5) is 0 Å². The van der Waals surface area contributed by atoms with Gasteiger partial charge in [-0.2, -0.15) is 0 Å². The van der Waals surface area contributed by atoms with Crippen LogP contribution in [-0.2, 0) is 9.47 Å². The molecule has 132 valence electrons. The molecule has 0 aromatic carbocycles. The number of hydrogen-bond acceptors (Lipinski definition) is 5. The van der Waals surface area contributed by atoms with Gasteiger partial charge in [-0.3, -0.25) is 14.7 Å². The molecule has 1 N–H and O–H groups in total. The van der Waals surface area contributed by atoms with Crippen molar-refractivity contribution in [3.05, 3.63) is 29.6 Å². The van der Waals surface area contributed by atoms with Gasteiger partial charge in [-0.1, -0.05) is 0 Å². The van der Waals surface area contributed by atoms with Gasteiger partial charge in [0.05, 0.1) is 18.3 Å². The Kier molecular flexibility index (Phi) is 6.18. The molecule has 3 heterocycles. The van der Waals surface area contributed by atoms with Gasteiger partial charge in [-0.25, -0.2) is 0 Å². The molecule has 2 fully saturated rings. The van der Waals surface area contributed by atoms with Crippen molar-refractivity contribution in [3.63, 3.8) is 0 Å². The van der Waals surface area contributed by atoms with Crippen molar-refractivity contribution in [3.8, 4) is 0 Å². The normalized spacial score (nSPS) is 23.1. The zero-order valence-corrected chi connectivity index (χ0v) is 14.4. The molecule has 1 aromatic heterocycles. The second-order valence-corrected chi connectivity index (χ2v) is 6.57. The molecule has 2 aliphatic rings. The van der Waals surface area contributed by atoms with Gasteiger partial charge in [-0.05, 0) is 37.8 Å². The van der Waals surface area contributed by atoms with Crippen molar-refractivity contribution in [2.75, 3.05) is 39.5 Å². The van der Waals surface area contributed by atoms with Crippen LogP contribution in [0.5, 0.6) is 0 Å². The largest absolute Gasteiger partial charge is 0.381 e. The lowest BCUT2D eigenvalue weighted by Gasteiger charge is -2.39. The molecule has 1 aromatic rings. The van der Waals surface area contributed by atoms with Crippen molar-refractivity contribution in [1.29, 1.82) is 0 Å². The summed E-state index contributed by atoms with van der Waals surface area (Å²) in [5.41, 5.74) is 1.59. The average molecular weight is 333 g/mol. The molecule has 2 saturated heterocycles. The third kappa shape index (κ3) is 4.53. The predicted octanol–water partition coefficient (Wildman–Crippen LogP) is 1.39. The number of carbonyl (C=O) groups is 1. The summed E-state index contributed by atoms with van der Waals surface area (Å²) in [5, 5.41) is 2.98. The zero-order chi connectivity index (χ0) is 16.8. The van der Waals surface area contributed by atoms with Gasteiger partial charge in [0, 0.05) is 51.3 Å². The third-order valence-electron chi connectivity index (χ3n) is 4.91. The Hall–Kier alpha value is -1.50. The van der Waals surface area contributed by atoms with Gasteiger partial charge in [0.25, 0.3) is 5.91 Å². The first-order chi connectivity index (χ1) is 11.7. The van der Waals surface area contributed by atoms with Gasteiger partial charge in [0.1, 0.15) is 0 Å². The first-order valence-corrected chi connectivity index (χ1v) is 8.86. The van der Waals surface area contributed by atoms with Gasteiger partial charge < -0.3 is 14.8 Å². The summed E-state index contributed by atoms with van der Waals surface area (Å²) in [7, 11) is 0. The van der Waals surface area contributed by atoms with Crippen LogP contribution in [0.1, 0.15) is 35.2 Å². The highest BCUT2D eigenvalue weighted by Gasteiger charge is 2.27. The highest BCUT2D eigenvalue weighted by atomic mass is 16.5. The molecule has 2 aliphatic heterocycles. The summed E-state index contributed by atoms with van der Waals surface area (Å²) in [4.78, 5) is 18.8. The fraction of sp³-hybridized carbons (Fsp3) is 0.667. The van der Waals surface area contributed by atoms with Crippen LogP contribution in [-0.4, -0.2) is 67.4 Å². The van der Waals surface area contributed by atoms with Crippen LogP contribution in [0.3, 0.4) is 0 Å². The van der Waals surface area contributed by atoms with E-state index in [2.05, 4.69) is 15.2 Å². The number of ether oxygens (including phenoxy) is 2. The molecule has 0 radical (unpaired) electrons. The summed E-state index contributed by atoms with van der Waals surface area (Å²) >= 11 is 0. The minimum Gasteiger partial charge on any atom is -0.381 e. The first-order valence-electron chi connectivity index (χ1n) is 8.86. The lowest BCUT2D eigenvalue weighted by atomic mass is 10.0. The summed E-state index contributed by atoms with van der Waals surface area (Å²) in [5.74, 6) is -0.0577. The predicted molar refractivity (Wildman–Crippen MR) is 91.1 cm³/mol. The number of aromatic nitrogens is 1. The fourth-order valence-electron chi connectivity index (χ4n) is 3.44. The van der Waals surface area contributed by atoms with Crippen LogP contribution < -0.4 is 5.32 Å². The number of nitrogens with one attached hydrogen (secondary N) is 1. The highest BCUT2D eigenvalue weighted by molar-refractivity contribution is 5.95. The molecular formula is C18H27N3O3. The molecule has 0 aliphatic carbocycles. The lowest BCUT2D eigenvalue weighted by Crippen LogP contribution is -2.50.